The van der Waals surface area contributed by atoms with Crippen LogP contribution in [0.4, 0.5) is 10.7 Å². The molecule has 162 valence electrons. The molecular formula is C22H26N6O2S. The van der Waals surface area contributed by atoms with Gasteiger partial charge in [-0.3, -0.25) is 10.4 Å². The molecule has 0 saturated heterocycles. The molecule has 1 aliphatic carbocycles. The summed E-state index contributed by atoms with van der Waals surface area (Å²) in [6.07, 6.45) is 9.49. The van der Waals surface area contributed by atoms with Gasteiger partial charge in [-0.25, -0.2) is 4.98 Å². The smallest absolute Gasteiger partial charge is 0.236 e. The first-order valence-electron chi connectivity index (χ1n) is 10.4. The van der Waals surface area contributed by atoms with E-state index in [-0.39, 0.29) is 11.7 Å². The van der Waals surface area contributed by atoms with Crippen LogP contribution < -0.4 is 15.4 Å². The van der Waals surface area contributed by atoms with Crippen molar-refractivity contribution in [1.82, 2.24) is 19.7 Å². The SMILES string of the molecule is Cc1ccc(Oc2ccc(Nc3snc(O)c3C(=N)NCC3CCCCC3)cn2)cn1. The first-order valence-corrected chi connectivity index (χ1v) is 11.2. The van der Waals surface area contributed by atoms with E-state index in [1.165, 1.54) is 32.1 Å². The summed E-state index contributed by atoms with van der Waals surface area (Å²) in [5.41, 5.74) is 2.01. The minimum atomic E-state index is -0.145. The molecule has 3 heterocycles. The van der Waals surface area contributed by atoms with Crippen molar-refractivity contribution in [3.63, 3.8) is 0 Å². The van der Waals surface area contributed by atoms with E-state index in [1.807, 2.05) is 25.1 Å². The number of nitrogens with zero attached hydrogens (tertiary/aromatic N) is 3. The van der Waals surface area contributed by atoms with Crippen LogP contribution in [0.2, 0.25) is 0 Å². The second kappa shape index (κ2) is 9.74. The fraction of sp³-hybridized carbons (Fsp3) is 0.364. The quantitative estimate of drug-likeness (QED) is 0.304. The van der Waals surface area contributed by atoms with Crippen LogP contribution >= 0.6 is 11.5 Å². The third kappa shape index (κ3) is 5.49. The number of hydrogen-bond donors (Lipinski definition) is 4. The molecular weight excluding hydrogens is 412 g/mol. The van der Waals surface area contributed by atoms with E-state index in [0.717, 1.165) is 23.8 Å². The van der Waals surface area contributed by atoms with Crippen molar-refractivity contribution in [2.24, 2.45) is 5.92 Å². The Bertz CT molecular complexity index is 1010. The standard InChI is InChI=1S/C22H26N6O2S/c1-14-7-9-17(13-24-14)30-18-10-8-16(12-25-18)27-22-19(21(29)28-31-22)20(23)26-11-15-5-3-2-4-6-15/h7-10,12-13,15,27H,2-6,11H2,1H3,(H2,23,26)(H,28,29). The van der Waals surface area contributed by atoms with Gasteiger partial charge in [-0.1, -0.05) is 19.3 Å². The second-order valence-electron chi connectivity index (χ2n) is 7.72. The second-order valence-corrected chi connectivity index (χ2v) is 8.49. The molecule has 8 nitrogen and oxygen atoms in total. The Morgan fingerprint density at radius 2 is 2.00 bits per heavy atom. The van der Waals surface area contributed by atoms with E-state index in [4.69, 9.17) is 10.1 Å². The fourth-order valence-electron chi connectivity index (χ4n) is 3.60. The van der Waals surface area contributed by atoms with Crippen LogP contribution in [0, 0.1) is 18.3 Å². The van der Waals surface area contributed by atoms with Gasteiger partial charge >= 0.3 is 0 Å². The third-order valence-electron chi connectivity index (χ3n) is 5.32. The Labute approximate surface area is 185 Å². The van der Waals surface area contributed by atoms with Gasteiger partial charge in [0.2, 0.25) is 11.8 Å². The average molecular weight is 439 g/mol. The summed E-state index contributed by atoms with van der Waals surface area (Å²) in [5, 5.41) is 25.5. The van der Waals surface area contributed by atoms with Gasteiger partial charge in [0.05, 0.1) is 18.1 Å². The highest BCUT2D eigenvalue weighted by molar-refractivity contribution is 7.11. The zero-order valence-electron chi connectivity index (χ0n) is 17.4. The van der Waals surface area contributed by atoms with Crippen molar-refractivity contribution in [3.8, 4) is 17.5 Å². The molecule has 0 aromatic carbocycles. The predicted octanol–water partition coefficient (Wildman–Crippen LogP) is 4.98. The Kier molecular flexibility index (Phi) is 6.61. The molecule has 4 N–H and O–H groups in total. The van der Waals surface area contributed by atoms with Gasteiger partial charge in [0.25, 0.3) is 0 Å². The number of aromatic nitrogens is 3. The molecule has 0 atom stereocenters. The summed E-state index contributed by atoms with van der Waals surface area (Å²) in [6.45, 7) is 2.66. The van der Waals surface area contributed by atoms with E-state index in [2.05, 4.69) is 25.0 Å². The van der Waals surface area contributed by atoms with Crippen molar-refractivity contribution in [2.75, 3.05) is 11.9 Å². The maximum absolute atomic E-state index is 10.2. The number of pyridine rings is 2. The van der Waals surface area contributed by atoms with Crippen LogP contribution in [0.25, 0.3) is 0 Å². The molecule has 3 aromatic heterocycles. The maximum atomic E-state index is 10.2. The normalized spacial score (nSPS) is 14.2. The van der Waals surface area contributed by atoms with Gasteiger partial charge in [0.15, 0.2) is 0 Å². The van der Waals surface area contributed by atoms with Gasteiger partial charge in [0, 0.05) is 18.3 Å². The van der Waals surface area contributed by atoms with Crippen LogP contribution in [0.3, 0.4) is 0 Å². The van der Waals surface area contributed by atoms with E-state index in [9.17, 15) is 5.11 Å². The summed E-state index contributed by atoms with van der Waals surface area (Å²) >= 11 is 1.11. The molecule has 0 radical (unpaired) electrons. The molecule has 0 unspecified atom stereocenters. The molecule has 1 saturated carbocycles. The number of ether oxygens (including phenoxy) is 1. The number of amidine groups is 1. The summed E-state index contributed by atoms with van der Waals surface area (Å²) < 4.78 is 9.71. The van der Waals surface area contributed by atoms with Crippen molar-refractivity contribution >= 4 is 28.1 Å². The zero-order valence-corrected chi connectivity index (χ0v) is 18.2. The first-order chi connectivity index (χ1) is 15.1. The maximum Gasteiger partial charge on any atom is 0.236 e. The molecule has 9 heteroatoms. The molecule has 0 spiro atoms. The van der Waals surface area contributed by atoms with Crippen molar-refractivity contribution in [1.29, 1.82) is 5.41 Å². The summed E-state index contributed by atoms with van der Waals surface area (Å²) in [6, 6.07) is 7.29. The Balaban J connectivity index is 1.38. The largest absolute Gasteiger partial charge is 0.492 e. The Morgan fingerprint density at radius 3 is 2.71 bits per heavy atom. The lowest BCUT2D eigenvalue weighted by Crippen LogP contribution is -2.30. The van der Waals surface area contributed by atoms with Gasteiger partial charge in [0.1, 0.15) is 22.1 Å². The molecule has 4 rings (SSSR count). The topological polar surface area (TPSA) is 116 Å². The van der Waals surface area contributed by atoms with E-state index in [1.54, 1.807) is 18.5 Å². The van der Waals surface area contributed by atoms with Crippen LogP contribution in [0.5, 0.6) is 17.5 Å². The first kappa shape index (κ1) is 21.0. The van der Waals surface area contributed by atoms with Crippen LogP contribution in [0.1, 0.15) is 43.4 Å². The zero-order chi connectivity index (χ0) is 21.6. The van der Waals surface area contributed by atoms with Crippen molar-refractivity contribution in [2.45, 2.75) is 39.0 Å². The highest BCUT2D eigenvalue weighted by Gasteiger charge is 2.20. The summed E-state index contributed by atoms with van der Waals surface area (Å²) in [7, 11) is 0. The number of rotatable bonds is 7. The lowest BCUT2D eigenvalue weighted by atomic mass is 9.89. The molecule has 1 aliphatic rings. The van der Waals surface area contributed by atoms with Crippen LogP contribution in [0.15, 0.2) is 36.7 Å². The number of hydrogen-bond acceptors (Lipinski definition) is 8. The highest BCUT2D eigenvalue weighted by atomic mass is 32.1. The molecule has 1 fully saturated rings. The van der Waals surface area contributed by atoms with E-state index < -0.39 is 0 Å². The highest BCUT2D eigenvalue weighted by Crippen LogP contribution is 2.32. The lowest BCUT2D eigenvalue weighted by Gasteiger charge is -2.22. The monoisotopic (exact) mass is 438 g/mol. The molecule has 31 heavy (non-hydrogen) atoms. The number of anilines is 2. The Hall–Kier alpha value is -3.20. The number of aryl methyl sites for hydroxylation is 1. The van der Waals surface area contributed by atoms with E-state index >= 15 is 0 Å². The third-order valence-corrected chi connectivity index (χ3v) is 6.07. The fourth-order valence-corrected chi connectivity index (χ4v) is 4.32. The minimum Gasteiger partial charge on any atom is -0.492 e. The molecule has 0 aliphatic heterocycles. The van der Waals surface area contributed by atoms with Gasteiger partial charge in [-0.2, -0.15) is 4.37 Å². The van der Waals surface area contributed by atoms with E-state index in [0.29, 0.717) is 33.8 Å². The summed E-state index contributed by atoms with van der Waals surface area (Å²) in [4.78, 5) is 8.51. The predicted molar refractivity (Wildman–Crippen MR) is 122 cm³/mol. The number of aromatic hydroxyl groups is 1. The van der Waals surface area contributed by atoms with Crippen molar-refractivity contribution < 1.29 is 9.84 Å². The minimum absolute atomic E-state index is 0.145. The molecule has 0 amide bonds. The van der Waals surface area contributed by atoms with Crippen LogP contribution in [-0.2, 0) is 0 Å². The van der Waals surface area contributed by atoms with Crippen molar-refractivity contribution in [3.05, 3.63) is 47.9 Å². The molecule has 0 bridgehead atoms. The van der Waals surface area contributed by atoms with Crippen LogP contribution in [-0.4, -0.2) is 31.8 Å². The average Bonchev–Trinajstić information content (AvgIpc) is 3.15. The van der Waals surface area contributed by atoms with Gasteiger partial charge < -0.3 is 20.5 Å². The van der Waals surface area contributed by atoms with Gasteiger partial charge in [-0.15, -0.1) is 0 Å². The summed E-state index contributed by atoms with van der Waals surface area (Å²) in [5.74, 6) is 1.68. The van der Waals surface area contributed by atoms with Gasteiger partial charge in [-0.05, 0) is 55.4 Å². The molecule has 3 aromatic rings. The Morgan fingerprint density at radius 1 is 1.16 bits per heavy atom. The lowest BCUT2D eigenvalue weighted by molar-refractivity contribution is 0.356. The number of nitrogens with one attached hydrogen (secondary N) is 3.